The molecule has 0 N–H and O–H groups in total. The topological polar surface area (TPSA) is 8.17 Å². The average Bonchev–Trinajstić information content (AvgIpc) is 3.67. The maximum atomic E-state index is 2.40. The van der Waals surface area contributed by atoms with Gasteiger partial charge in [0.25, 0.3) is 0 Å². The van der Waals surface area contributed by atoms with E-state index < -0.39 is 0 Å². The van der Waals surface area contributed by atoms with Gasteiger partial charge in [-0.2, -0.15) is 0 Å². The van der Waals surface area contributed by atoms with Crippen LogP contribution in [0, 0.1) is 0 Å². The fourth-order valence-corrected chi connectivity index (χ4v) is 8.52. The van der Waals surface area contributed by atoms with Crippen molar-refractivity contribution in [1.82, 2.24) is 4.57 Å². The molecule has 2 nitrogen and oxygen atoms in total. The van der Waals surface area contributed by atoms with Crippen LogP contribution in [0.25, 0.3) is 60.9 Å². The Morgan fingerprint density at radius 1 is 0.377 bits per heavy atom. The summed E-state index contributed by atoms with van der Waals surface area (Å²) in [6, 6.07) is 70.8. The number of benzene rings is 8. The first kappa shape index (κ1) is 31.1. The van der Waals surface area contributed by atoms with Gasteiger partial charge in [-0.1, -0.05) is 147 Å². The van der Waals surface area contributed by atoms with E-state index in [-0.39, 0.29) is 5.41 Å². The Bertz CT molecular complexity index is 2720. The highest BCUT2D eigenvalue weighted by atomic mass is 15.1. The van der Waals surface area contributed by atoms with Gasteiger partial charge in [-0.25, -0.2) is 0 Å². The van der Waals surface area contributed by atoms with Crippen molar-refractivity contribution in [3.8, 4) is 39.1 Å². The minimum atomic E-state index is -0.0833. The van der Waals surface area contributed by atoms with Crippen LogP contribution in [-0.2, 0) is 5.41 Å². The zero-order chi connectivity index (χ0) is 35.5. The number of hydrogen-bond donors (Lipinski definition) is 0. The van der Waals surface area contributed by atoms with Crippen LogP contribution in [0.3, 0.4) is 0 Å². The Kier molecular flexibility index (Phi) is 7.19. The largest absolute Gasteiger partial charge is 0.310 e. The van der Waals surface area contributed by atoms with Gasteiger partial charge in [0.1, 0.15) is 0 Å². The van der Waals surface area contributed by atoms with E-state index in [0.29, 0.717) is 0 Å². The number of hydrogen-bond acceptors (Lipinski definition) is 1. The molecule has 0 bridgehead atoms. The highest BCUT2D eigenvalue weighted by Crippen LogP contribution is 2.50. The summed E-state index contributed by atoms with van der Waals surface area (Å²) in [5, 5.41) is 2.55. The molecule has 0 saturated heterocycles. The van der Waals surface area contributed by atoms with Gasteiger partial charge >= 0.3 is 0 Å². The van der Waals surface area contributed by atoms with E-state index in [1.54, 1.807) is 0 Å². The molecule has 10 rings (SSSR count). The van der Waals surface area contributed by atoms with Crippen molar-refractivity contribution in [3.05, 3.63) is 205 Å². The Morgan fingerprint density at radius 2 is 0.830 bits per heavy atom. The summed E-state index contributed by atoms with van der Waals surface area (Å²) in [7, 11) is 0. The molecule has 0 unspecified atom stereocenters. The van der Waals surface area contributed by atoms with Gasteiger partial charge in [-0.15, -0.1) is 0 Å². The van der Waals surface area contributed by atoms with Crippen LogP contribution < -0.4 is 4.90 Å². The number of anilines is 3. The van der Waals surface area contributed by atoms with Gasteiger partial charge in [-0.05, 0) is 105 Å². The first-order chi connectivity index (χ1) is 26.0. The predicted octanol–water partition coefficient (Wildman–Crippen LogP) is 13.9. The van der Waals surface area contributed by atoms with Gasteiger partial charge in [-0.3, -0.25) is 0 Å². The van der Waals surface area contributed by atoms with Crippen LogP contribution in [0.4, 0.5) is 17.1 Å². The van der Waals surface area contributed by atoms with Crippen molar-refractivity contribution in [1.29, 1.82) is 0 Å². The number of para-hydroxylation sites is 2. The molecular weight excluding hydrogens is 641 g/mol. The molecule has 0 atom stereocenters. The van der Waals surface area contributed by atoms with Crippen molar-refractivity contribution in [2.75, 3.05) is 4.90 Å². The molecule has 0 aliphatic heterocycles. The summed E-state index contributed by atoms with van der Waals surface area (Å²) in [6.45, 7) is 4.70. The maximum Gasteiger partial charge on any atom is 0.0541 e. The van der Waals surface area contributed by atoms with Gasteiger partial charge in [0, 0.05) is 38.9 Å². The minimum absolute atomic E-state index is 0.0833. The molecule has 1 aliphatic carbocycles. The molecule has 1 aromatic heterocycles. The van der Waals surface area contributed by atoms with Crippen molar-refractivity contribution in [2.24, 2.45) is 0 Å². The van der Waals surface area contributed by atoms with Gasteiger partial charge < -0.3 is 9.47 Å². The SMILES string of the molecule is CC1(C)c2ccccc2-c2ccc(N(c3ccc(-c4ccccc4)cc3)c3ccc(-c4ccc(-n5c6ccccc6c6ccccc65)cc4)cc3)cc21. The van der Waals surface area contributed by atoms with Crippen LogP contribution in [0.15, 0.2) is 194 Å². The second-order valence-electron chi connectivity index (χ2n) is 14.6. The van der Waals surface area contributed by atoms with E-state index in [2.05, 4.69) is 217 Å². The summed E-state index contributed by atoms with van der Waals surface area (Å²) >= 11 is 0. The lowest BCUT2D eigenvalue weighted by Gasteiger charge is -2.28. The number of aromatic nitrogens is 1. The molecule has 8 aromatic carbocycles. The minimum Gasteiger partial charge on any atom is -0.310 e. The van der Waals surface area contributed by atoms with E-state index in [1.165, 1.54) is 66.3 Å². The van der Waals surface area contributed by atoms with E-state index in [0.717, 1.165) is 22.7 Å². The van der Waals surface area contributed by atoms with Crippen LogP contribution in [0.2, 0.25) is 0 Å². The Hall–Kier alpha value is -6.64. The summed E-state index contributed by atoms with van der Waals surface area (Å²) in [6.07, 6.45) is 0. The fourth-order valence-electron chi connectivity index (χ4n) is 8.52. The molecule has 0 fully saturated rings. The van der Waals surface area contributed by atoms with Crippen molar-refractivity contribution < 1.29 is 0 Å². The summed E-state index contributed by atoms with van der Waals surface area (Å²) in [5.41, 5.74) is 17.1. The van der Waals surface area contributed by atoms with E-state index in [1.807, 2.05) is 0 Å². The van der Waals surface area contributed by atoms with E-state index in [4.69, 9.17) is 0 Å². The van der Waals surface area contributed by atoms with Crippen molar-refractivity contribution in [2.45, 2.75) is 19.3 Å². The third-order valence-corrected chi connectivity index (χ3v) is 11.2. The standard InChI is InChI=1S/C51H38N2/c1-51(2)47-17-9-6-14-43(47)44-33-32-42(34-48(44)51)52(39-26-20-36(21-27-39)35-12-4-3-5-13-35)40-28-22-37(23-29-40)38-24-30-41(31-25-38)53-49-18-10-7-15-45(49)46-16-8-11-19-50(46)53/h3-34H,1-2H3. The average molecular weight is 679 g/mol. The molecule has 0 amide bonds. The summed E-state index contributed by atoms with van der Waals surface area (Å²) in [5.74, 6) is 0. The van der Waals surface area contributed by atoms with Crippen LogP contribution in [0.5, 0.6) is 0 Å². The quantitative estimate of drug-likeness (QED) is 0.170. The first-order valence-corrected chi connectivity index (χ1v) is 18.4. The molecule has 2 heteroatoms. The molecule has 53 heavy (non-hydrogen) atoms. The number of rotatable bonds is 6. The second kappa shape index (κ2) is 12.3. The molecule has 0 spiro atoms. The monoisotopic (exact) mass is 678 g/mol. The highest BCUT2D eigenvalue weighted by Gasteiger charge is 2.35. The van der Waals surface area contributed by atoms with E-state index >= 15 is 0 Å². The zero-order valence-corrected chi connectivity index (χ0v) is 29.9. The van der Waals surface area contributed by atoms with Gasteiger partial charge in [0.2, 0.25) is 0 Å². The van der Waals surface area contributed by atoms with Crippen molar-refractivity contribution in [3.63, 3.8) is 0 Å². The second-order valence-corrected chi connectivity index (χ2v) is 14.6. The lowest BCUT2D eigenvalue weighted by molar-refractivity contribution is 0.660. The maximum absolute atomic E-state index is 2.40. The number of fused-ring (bicyclic) bond motifs is 6. The van der Waals surface area contributed by atoms with Crippen LogP contribution in [0.1, 0.15) is 25.0 Å². The predicted molar refractivity (Wildman–Crippen MR) is 224 cm³/mol. The molecule has 1 aliphatic rings. The van der Waals surface area contributed by atoms with E-state index in [9.17, 15) is 0 Å². The summed E-state index contributed by atoms with van der Waals surface area (Å²) < 4.78 is 2.37. The van der Waals surface area contributed by atoms with Crippen molar-refractivity contribution >= 4 is 38.9 Å². The Morgan fingerprint density at radius 3 is 1.43 bits per heavy atom. The first-order valence-electron chi connectivity index (χ1n) is 18.4. The normalized spacial score (nSPS) is 12.9. The van der Waals surface area contributed by atoms with Gasteiger partial charge in [0.05, 0.1) is 11.0 Å². The number of nitrogens with zero attached hydrogens (tertiary/aromatic N) is 2. The molecule has 1 heterocycles. The van der Waals surface area contributed by atoms with Crippen LogP contribution >= 0.6 is 0 Å². The lowest BCUT2D eigenvalue weighted by atomic mass is 9.82. The van der Waals surface area contributed by atoms with Gasteiger partial charge in [0.15, 0.2) is 0 Å². The third kappa shape index (κ3) is 5.10. The molecule has 252 valence electrons. The Balaban J connectivity index is 1.03. The summed E-state index contributed by atoms with van der Waals surface area (Å²) in [4.78, 5) is 2.39. The molecule has 0 saturated carbocycles. The fraction of sp³-hybridized carbons (Fsp3) is 0.0588. The molecule has 0 radical (unpaired) electrons. The molecular formula is C51H38N2. The zero-order valence-electron chi connectivity index (χ0n) is 29.9. The highest BCUT2D eigenvalue weighted by molar-refractivity contribution is 6.09. The Labute approximate surface area is 310 Å². The third-order valence-electron chi connectivity index (χ3n) is 11.2. The smallest absolute Gasteiger partial charge is 0.0541 e. The molecule has 9 aromatic rings. The lowest BCUT2D eigenvalue weighted by Crippen LogP contribution is -2.16. The van der Waals surface area contributed by atoms with Crippen LogP contribution in [-0.4, -0.2) is 4.57 Å².